The fourth-order valence-electron chi connectivity index (χ4n) is 1.63. The molecule has 0 atom stereocenters. The van der Waals surface area contributed by atoms with E-state index < -0.39 is 8.07 Å². The maximum atomic E-state index is 2.47. The Morgan fingerprint density at radius 1 is 0.923 bits per heavy atom. The summed E-state index contributed by atoms with van der Waals surface area (Å²) in [6.45, 7) is 16.0. The van der Waals surface area contributed by atoms with Crippen molar-refractivity contribution in [2.24, 2.45) is 0 Å². The molecule has 1 nitrogen and oxygen atoms in total. The van der Waals surface area contributed by atoms with E-state index in [0.717, 1.165) is 0 Å². The molecule has 0 saturated carbocycles. The zero-order valence-corrected chi connectivity index (χ0v) is 11.2. The van der Waals surface area contributed by atoms with Crippen molar-refractivity contribution >= 4 is 8.07 Å². The Balaban J connectivity index is 3.34. The number of hydrogen-bond donors (Lipinski definition) is 1. The quantitative estimate of drug-likeness (QED) is 0.476. The van der Waals surface area contributed by atoms with Crippen molar-refractivity contribution in [2.45, 2.75) is 52.4 Å². The molecule has 2 heteroatoms. The van der Waals surface area contributed by atoms with E-state index >= 15 is 0 Å². The van der Waals surface area contributed by atoms with Crippen LogP contribution in [0.25, 0.3) is 0 Å². The first-order chi connectivity index (χ1) is 5.99. The maximum absolute atomic E-state index is 2.47. The molecule has 0 aromatic heterocycles. The summed E-state index contributed by atoms with van der Waals surface area (Å²) in [5.74, 6) is 0. The van der Waals surface area contributed by atoms with Gasteiger partial charge in [0.1, 0.15) is 0 Å². The first-order valence-electron chi connectivity index (χ1n) is 5.83. The lowest BCUT2D eigenvalue weighted by atomic mass is 10.3. The molecular weight excluding hydrogens is 174 g/mol. The summed E-state index contributed by atoms with van der Waals surface area (Å²) in [5, 5.41) is 0. The van der Waals surface area contributed by atoms with E-state index in [4.69, 9.17) is 0 Å². The van der Waals surface area contributed by atoms with Gasteiger partial charge in [0.05, 0.1) is 19.6 Å². The Labute approximate surface area is 85.5 Å². The van der Waals surface area contributed by atoms with Crippen molar-refractivity contribution in [1.29, 1.82) is 0 Å². The van der Waals surface area contributed by atoms with Crippen molar-refractivity contribution < 1.29 is 4.90 Å². The van der Waals surface area contributed by atoms with Crippen LogP contribution in [-0.4, -0.2) is 27.7 Å². The Hall–Kier alpha value is 0.177. The van der Waals surface area contributed by atoms with E-state index in [1.54, 1.807) is 4.90 Å². The van der Waals surface area contributed by atoms with Crippen LogP contribution in [0.3, 0.4) is 0 Å². The van der Waals surface area contributed by atoms with Gasteiger partial charge in [-0.15, -0.1) is 0 Å². The molecule has 0 heterocycles. The van der Waals surface area contributed by atoms with Gasteiger partial charge in [-0.05, 0) is 20.3 Å². The van der Waals surface area contributed by atoms with Gasteiger partial charge in [-0.3, -0.25) is 0 Å². The minimum atomic E-state index is -0.759. The summed E-state index contributed by atoms with van der Waals surface area (Å²) in [6.07, 6.45) is 2.89. The van der Waals surface area contributed by atoms with E-state index in [1.807, 2.05) is 0 Å². The van der Waals surface area contributed by atoms with Crippen LogP contribution < -0.4 is 4.90 Å². The van der Waals surface area contributed by atoms with Gasteiger partial charge in [0.25, 0.3) is 0 Å². The Morgan fingerprint density at radius 2 is 1.46 bits per heavy atom. The summed E-state index contributed by atoms with van der Waals surface area (Å²) in [7, 11) is -0.759. The molecule has 0 fully saturated rings. The van der Waals surface area contributed by atoms with E-state index in [2.05, 4.69) is 33.5 Å². The topological polar surface area (TPSA) is 4.44 Å². The summed E-state index contributed by atoms with van der Waals surface area (Å²) in [5.41, 5.74) is 0. The lowest BCUT2D eigenvalue weighted by Crippen LogP contribution is -3.11. The molecular formula is C11H28NSi+. The number of nitrogens with one attached hydrogen (secondary N) is 1. The van der Waals surface area contributed by atoms with Crippen LogP contribution >= 0.6 is 0 Å². The van der Waals surface area contributed by atoms with E-state index in [0.29, 0.717) is 0 Å². The Bertz CT molecular complexity index is 114. The fraction of sp³-hybridized carbons (Fsp3) is 1.00. The summed E-state index contributed by atoms with van der Waals surface area (Å²) in [4.78, 5) is 1.76. The molecule has 0 saturated heterocycles. The molecule has 0 rings (SSSR count). The number of rotatable bonds is 7. The molecule has 0 bridgehead atoms. The van der Waals surface area contributed by atoms with Crippen LogP contribution in [0.15, 0.2) is 0 Å². The van der Waals surface area contributed by atoms with Crippen LogP contribution in [0.1, 0.15) is 26.7 Å². The second-order valence-electron chi connectivity index (χ2n) is 5.22. The highest BCUT2D eigenvalue weighted by Gasteiger charge is 2.12. The standard InChI is InChI=1S/C11H27NSi/c1-6-12(7-2)10-8-9-11-13(3,4)5/h6-11H2,1-5H3/p+1. The van der Waals surface area contributed by atoms with Crippen molar-refractivity contribution in [1.82, 2.24) is 0 Å². The molecule has 80 valence electrons. The first-order valence-corrected chi connectivity index (χ1v) is 9.54. The lowest BCUT2D eigenvalue weighted by molar-refractivity contribution is -0.896. The van der Waals surface area contributed by atoms with Crippen molar-refractivity contribution in [3.63, 3.8) is 0 Å². The van der Waals surface area contributed by atoms with Gasteiger partial charge in [0.2, 0.25) is 0 Å². The largest absolute Gasteiger partial charge is 0.335 e. The zero-order valence-electron chi connectivity index (χ0n) is 10.2. The van der Waals surface area contributed by atoms with Crippen LogP contribution in [0.4, 0.5) is 0 Å². The smallest absolute Gasteiger partial charge is 0.0770 e. The normalized spacial score (nSPS) is 12.5. The van der Waals surface area contributed by atoms with Gasteiger partial charge in [0, 0.05) is 8.07 Å². The highest BCUT2D eigenvalue weighted by Crippen LogP contribution is 2.11. The Kier molecular flexibility index (Phi) is 6.69. The third-order valence-electron chi connectivity index (χ3n) is 2.71. The maximum Gasteiger partial charge on any atom is 0.0770 e. The number of quaternary nitrogens is 1. The monoisotopic (exact) mass is 202 g/mol. The van der Waals surface area contributed by atoms with E-state index in [-0.39, 0.29) is 0 Å². The minimum absolute atomic E-state index is 0.759. The molecule has 0 unspecified atom stereocenters. The molecule has 1 N–H and O–H groups in total. The van der Waals surface area contributed by atoms with E-state index in [1.165, 1.54) is 38.5 Å². The molecule has 13 heavy (non-hydrogen) atoms. The van der Waals surface area contributed by atoms with Crippen LogP contribution in [0.2, 0.25) is 25.7 Å². The average molecular weight is 202 g/mol. The third-order valence-corrected chi connectivity index (χ3v) is 4.56. The van der Waals surface area contributed by atoms with Crippen LogP contribution in [0.5, 0.6) is 0 Å². The number of hydrogen-bond acceptors (Lipinski definition) is 0. The van der Waals surface area contributed by atoms with Gasteiger partial charge >= 0.3 is 0 Å². The SMILES string of the molecule is CC[NH+](CC)CCCC[Si](C)(C)C. The highest BCUT2D eigenvalue weighted by atomic mass is 28.3. The van der Waals surface area contributed by atoms with Gasteiger partial charge in [-0.1, -0.05) is 32.1 Å². The fourth-order valence-corrected chi connectivity index (χ4v) is 2.94. The van der Waals surface area contributed by atoms with Gasteiger partial charge in [-0.2, -0.15) is 0 Å². The molecule has 0 aliphatic rings. The third kappa shape index (κ3) is 8.51. The van der Waals surface area contributed by atoms with Crippen molar-refractivity contribution in [2.75, 3.05) is 19.6 Å². The van der Waals surface area contributed by atoms with Crippen LogP contribution in [0, 0.1) is 0 Å². The lowest BCUT2D eigenvalue weighted by Gasteiger charge is -2.18. The second kappa shape index (κ2) is 6.60. The minimum Gasteiger partial charge on any atom is -0.335 e. The molecule has 0 aliphatic carbocycles. The molecule has 0 aliphatic heterocycles. The van der Waals surface area contributed by atoms with Crippen molar-refractivity contribution in [3.05, 3.63) is 0 Å². The molecule has 0 radical (unpaired) electrons. The second-order valence-corrected chi connectivity index (χ2v) is 10.8. The summed E-state index contributed by atoms with van der Waals surface area (Å²) < 4.78 is 0. The molecule has 0 amide bonds. The van der Waals surface area contributed by atoms with Crippen LogP contribution in [-0.2, 0) is 0 Å². The molecule has 0 aromatic carbocycles. The predicted molar refractivity (Wildman–Crippen MR) is 64.3 cm³/mol. The van der Waals surface area contributed by atoms with E-state index in [9.17, 15) is 0 Å². The first kappa shape index (κ1) is 13.2. The van der Waals surface area contributed by atoms with Gasteiger partial charge in [-0.25, -0.2) is 0 Å². The summed E-state index contributed by atoms with van der Waals surface area (Å²) in [6, 6.07) is 1.51. The Morgan fingerprint density at radius 3 is 1.85 bits per heavy atom. The highest BCUT2D eigenvalue weighted by molar-refractivity contribution is 6.76. The molecule has 0 spiro atoms. The zero-order chi connectivity index (χ0) is 10.3. The summed E-state index contributed by atoms with van der Waals surface area (Å²) >= 11 is 0. The van der Waals surface area contributed by atoms with Gasteiger partial charge in [0.15, 0.2) is 0 Å². The average Bonchev–Trinajstić information content (AvgIpc) is 2.03. The molecule has 0 aromatic rings. The van der Waals surface area contributed by atoms with Gasteiger partial charge < -0.3 is 4.90 Å². The van der Waals surface area contributed by atoms with Crippen molar-refractivity contribution in [3.8, 4) is 0 Å². The predicted octanol–water partition coefficient (Wildman–Crippen LogP) is 2.03. The number of unbranched alkanes of at least 4 members (excludes halogenated alkanes) is 1.